The number of aromatic nitrogens is 2. The zero-order chi connectivity index (χ0) is 22.9. The minimum Gasteiger partial charge on any atom is -0.292 e. The van der Waals surface area contributed by atoms with E-state index in [2.05, 4.69) is 126 Å². The molecule has 0 N–H and O–H groups in total. The summed E-state index contributed by atoms with van der Waals surface area (Å²) in [7, 11) is 0. The Morgan fingerprint density at radius 1 is 0.429 bits per heavy atom. The highest BCUT2D eigenvalue weighted by Gasteiger charge is 2.14. The van der Waals surface area contributed by atoms with Crippen LogP contribution in [0.25, 0.3) is 71.0 Å². The summed E-state index contributed by atoms with van der Waals surface area (Å²) in [6, 6.07) is 43.7. The summed E-state index contributed by atoms with van der Waals surface area (Å²) < 4.78 is 2.30. The van der Waals surface area contributed by atoms with Crippen molar-refractivity contribution in [2.45, 2.75) is 0 Å². The number of benzene rings is 6. The van der Waals surface area contributed by atoms with Crippen LogP contribution in [0, 0.1) is 0 Å². The molecular formula is C33H20N2. The molecule has 35 heavy (non-hydrogen) atoms. The smallest absolute Gasteiger partial charge is 0.146 e. The summed E-state index contributed by atoms with van der Waals surface area (Å²) in [6.45, 7) is 0. The van der Waals surface area contributed by atoms with Crippen LogP contribution in [0.3, 0.4) is 0 Å². The number of rotatable bonds is 1. The molecule has 0 radical (unpaired) electrons. The van der Waals surface area contributed by atoms with Gasteiger partial charge in [0.25, 0.3) is 0 Å². The van der Waals surface area contributed by atoms with Crippen molar-refractivity contribution in [3.63, 3.8) is 0 Å². The molecule has 0 aliphatic carbocycles. The highest BCUT2D eigenvalue weighted by atomic mass is 15.0. The van der Waals surface area contributed by atoms with Gasteiger partial charge < -0.3 is 0 Å². The molecule has 6 aromatic carbocycles. The zero-order valence-corrected chi connectivity index (χ0v) is 18.9. The molecule has 162 valence electrons. The van der Waals surface area contributed by atoms with E-state index in [1.54, 1.807) is 0 Å². The Morgan fingerprint density at radius 2 is 1.06 bits per heavy atom. The Balaban J connectivity index is 1.45. The molecule has 8 rings (SSSR count). The van der Waals surface area contributed by atoms with E-state index in [9.17, 15) is 0 Å². The van der Waals surface area contributed by atoms with Gasteiger partial charge in [-0.05, 0) is 74.5 Å². The van der Waals surface area contributed by atoms with Gasteiger partial charge in [-0.3, -0.25) is 4.40 Å². The fourth-order valence-electron chi connectivity index (χ4n) is 5.67. The molecule has 0 saturated heterocycles. The maximum atomic E-state index is 5.03. The number of imidazole rings is 1. The maximum Gasteiger partial charge on any atom is 0.146 e. The second kappa shape index (κ2) is 6.91. The lowest BCUT2D eigenvalue weighted by Crippen LogP contribution is -1.92. The molecule has 0 aliphatic rings. The van der Waals surface area contributed by atoms with E-state index in [-0.39, 0.29) is 0 Å². The molecular weight excluding hydrogens is 424 g/mol. The predicted octanol–water partition coefficient (Wildman–Crippen LogP) is 8.77. The van der Waals surface area contributed by atoms with Crippen LogP contribution in [0.5, 0.6) is 0 Å². The molecule has 2 aromatic heterocycles. The third-order valence-corrected chi connectivity index (χ3v) is 7.34. The van der Waals surface area contributed by atoms with Crippen LogP contribution in [-0.4, -0.2) is 9.38 Å². The molecule has 0 bridgehead atoms. The Labute approximate surface area is 201 Å². The topological polar surface area (TPSA) is 17.3 Å². The van der Waals surface area contributed by atoms with Crippen molar-refractivity contribution in [2.24, 2.45) is 0 Å². The number of para-hydroxylation sites is 3. The first-order chi connectivity index (χ1) is 17.3. The van der Waals surface area contributed by atoms with Gasteiger partial charge in [-0.1, -0.05) is 84.9 Å². The van der Waals surface area contributed by atoms with Crippen molar-refractivity contribution < 1.29 is 0 Å². The van der Waals surface area contributed by atoms with Gasteiger partial charge in [0.2, 0.25) is 0 Å². The van der Waals surface area contributed by atoms with Crippen LogP contribution in [0.2, 0.25) is 0 Å². The average Bonchev–Trinajstić information content (AvgIpc) is 3.33. The van der Waals surface area contributed by atoms with Crippen molar-refractivity contribution in [3.05, 3.63) is 121 Å². The Hall–Kier alpha value is -4.69. The summed E-state index contributed by atoms with van der Waals surface area (Å²) in [4.78, 5) is 5.03. The Kier molecular flexibility index (Phi) is 3.69. The van der Waals surface area contributed by atoms with Gasteiger partial charge in [-0.15, -0.1) is 0 Å². The highest BCUT2D eigenvalue weighted by Crippen LogP contribution is 2.36. The molecule has 0 saturated carbocycles. The summed E-state index contributed by atoms with van der Waals surface area (Å²) in [6.07, 6.45) is 0. The van der Waals surface area contributed by atoms with Crippen molar-refractivity contribution in [2.75, 3.05) is 0 Å². The van der Waals surface area contributed by atoms with Gasteiger partial charge in [-0.2, -0.15) is 0 Å². The molecule has 8 aromatic rings. The van der Waals surface area contributed by atoms with Gasteiger partial charge in [0.1, 0.15) is 5.65 Å². The molecule has 0 atom stereocenters. The number of hydrogen-bond donors (Lipinski definition) is 0. The second-order valence-electron chi connectivity index (χ2n) is 9.26. The van der Waals surface area contributed by atoms with E-state index in [1.165, 1.54) is 54.3 Å². The summed E-state index contributed by atoms with van der Waals surface area (Å²) in [5, 5.41) is 8.78. The minimum atomic E-state index is 1.01. The van der Waals surface area contributed by atoms with Gasteiger partial charge in [0.05, 0.1) is 16.6 Å². The summed E-state index contributed by atoms with van der Waals surface area (Å²) >= 11 is 0. The van der Waals surface area contributed by atoms with Crippen molar-refractivity contribution >= 4 is 59.9 Å². The molecule has 2 nitrogen and oxygen atoms in total. The quantitative estimate of drug-likeness (QED) is 0.231. The van der Waals surface area contributed by atoms with E-state index in [0.29, 0.717) is 0 Å². The first-order valence-corrected chi connectivity index (χ1v) is 12.0. The summed E-state index contributed by atoms with van der Waals surface area (Å²) in [5.74, 6) is 0. The molecule has 2 heterocycles. The largest absolute Gasteiger partial charge is 0.292 e. The standard InChI is InChI=1S/C33H20N2/c1-2-8-25-21(7-1)13-14-22-15-16-23(19-28(22)25)24-17-18-27-29(20-24)26-9-3-5-11-31(26)35-32-12-6-4-10-30(32)34-33(27)35/h1-20H. The summed E-state index contributed by atoms with van der Waals surface area (Å²) in [5.41, 5.74) is 6.81. The van der Waals surface area contributed by atoms with Gasteiger partial charge >= 0.3 is 0 Å². The second-order valence-corrected chi connectivity index (χ2v) is 9.26. The van der Waals surface area contributed by atoms with E-state index in [4.69, 9.17) is 4.98 Å². The Morgan fingerprint density at radius 3 is 1.94 bits per heavy atom. The molecule has 0 unspecified atom stereocenters. The van der Waals surface area contributed by atoms with Crippen molar-refractivity contribution in [3.8, 4) is 11.1 Å². The van der Waals surface area contributed by atoms with E-state index < -0.39 is 0 Å². The number of fused-ring (bicyclic) bond motifs is 11. The normalized spacial score (nSPS) is 12.0. The van der Waals surface area contributed by atoms with Crippen LogP contribution >= 0.6 is 0 Å². The van der Waals surface area contributed by atoms with E-state index in [1.807, 2.05) is 0 Å². The molecule has 2 heteroatoms. The average molecular weight is 445 g/mol. The third-order valence-electron chi connectivity index (χ3n) is 7.34. The molecule has 0 aliphatic heterocycles. The maximum absolute atomic E-state index is 5.03. The molecule has 0 spiro atoms. The monoisotopic (exact) mass is 444 g/mol. The molecule has 0 fully saturated rings. The third kappa shape index (κ3) is 2.62. The van der Waals surface area contributed by atoms with Crippen LogP contribution in [0.15, 0.2) is 121 Å². The fourth-order valence-corrected chi connectivity index (χ4v) is 5.67. The zero-order valence-electron chi connectivity index (χ0n) is 18.9. The van der Waals surface area contributed by atoms with Gasteiger partial charge in [0, 0.05) is 10.8 Å². The fraction of sp³-hybridized carbons (Fsp3) is 0. The number of nitrogens with zero attached hydrogens (tertiary/aromatic N) is 2. The number of hydrogen-bond acceptors (Lipinski definition) is 1. The van der Waals surface area contributed by atoms with Crippen molar-refractivity contribution in [1.82, 2.24) is 9.38 Å². The highest BCUT2D eigenvalue weighted by molar-refractivity contribution is 6.15. The molecule has 0 amide bonds. The first kappa shape index (κ1) is 18.7. The van der Waals surface area contributed by atoms with Crippen LogP contribution in [0.1, 0.15) is 0 Å². The minimum absolute atomic E-state index is 1.01. The van der Waals surface area contributed by atoms with E-state index >= 15 is 0 Å². The first-order valence-electron chi connectivity index (χ1n) is 12.0. The SMILES string of the molecule is c1ccc2c(c1)ccc1ccc(-c3ccc4c(c3)c3ccccc3n3c5ccccc5nc43)cc12. The predicted molar refractivity (Wildman–Crippen MR) is 148 cm³/mol. The van der Waals surface area contributed by atoms with Crippen molar-refractivity contribution in [1.29, 1.82) is 0 Å². The number of pyridine rings is 1. The lowest BCUT2D eigenvalue weighted by Gasteiger charge is -2.12. The van der Waals surface area contributed by atoms with Crippen LogP contribution in [0.4, 0.5) is 0 Å². The Bertz CT molecular complexity index is 2110. The van der Waals surface area contributed by atoms with Gasteiger partial charge in [0.15, 0.2) is 0 Å². The van der Waals surface area contributed by atoms with Crippen LogP contribution in [-0.2, 0) is 0 Å². The van der Waals surface area contributed by atoms with Gasteiger partial charge in [-0.25, -0.2) is 4.98 Å². The van der Waals surface area contributed by atoms with E-state index in [0.717, 1.165) is 16.7 Å². The lowest BCUT2D eigenvalue weighted by atomic mass is 9.95. The van der Waals surface area contributed by atoms with Crippen LogP contribution < -0.4 is 0 Å². The lowest BCUT2D eigenvalue weighted by molar-refractivity contribution is 1.31.